The summed E-state index contributed by atoms with van der Waals surface area (Å²) in [7, 11) is 0. The smallest absolute Gasteiger partial charge is 0.158 e. The summed E-state index contributed by atoms with van der Waals surface area (Å²) in [4.78, 5) is 17.7. The van der Waals surface area contributed by atoms with Crippen molar-refractivity contribution < 1.29 is 0 Å². The van der Waals surface area contributed by atoms with Gasteiger partial charge in [0, 0.05) is 50.8 Å². The Morgan fingerprint density at radius 1 is 0.710 bits per heavy atom. The maximum Gasteiger partial charge on any atom is 0.158 e. The Morgan fingerprint density at radius 2 is 1.44 bits per heavy atom. The molecule has 62 heavy (non-hydrogen) atoms. The first-order valence-corrected chi connectivity index (χ1v) is 21.1. The van der Waals surface area contributed by atoms with Crippen LogP contribution in [0.3, 0.4) is 0 Å². The molecule has 8 aromatic rings. The molecule has 2 heterocycles. The van der Waals surface area contributed by atoms with E-state index in [2.05, 4.69) is 178 Å². The average molecular weight is 805 g/mol. The summed E-state index contributed by atoms with van der Waals surface area (Å²) < 4.78 is 4.71. The lowest BCUT2D eigenvalue weighted by Crippen LogP contribution is -2.27. The van der Waals surface area contributed by atoms with E-state index in [0.717, 1.165) is 68.4 Å². The summed E-state index contributed by atoms with van der Waals surface area (Å²) in [6, 6.07) is 51.4. The lowest BCUT2D eigenvalue weighted by Gasteiger charge is -2.36. The topological polar surface area (TPSA) is 59.3 Å². The molecule has 0 N–H and O–H groups in total. The van der Waals surface area contributed by atoms with Gasteiger partial charge in [0.2, 0.25) is 0 Å². The van der Waals surface area contributed by atoms with Crippen LogP contribution in [0.2, 0.25) is 0 Å². The first-order valence-electron chi connectivity index (χ1n) is 21.1. The molecule has 0 aliphatic heterocycles. The number of rotatable bonds is 12. The van der Waals surface area contributed by atoms with E-state index in [9.17, 15) is 0 Å². The van der Waals surface area contributed by atoms with Crippen molar-refractivity contribution in [3.8, 4) is 5.69 Å². The Morgan fingerprint density at radius 3 is 2.23 bits per heavy atom. The molecule has 1 unspecified atom stereocenters. The molecule has 302 valence electrons. The van der Waals surface area contributed by atoms with E-state index in [4.69, 9.17) is 11.6 Å². The summed E-state index contributed by atoms with van der Waals surface area (Å²) in [5.74, 6) is 0.614. The van der Waals surface area contributed by atoms with Gasteiger partial charge in [-0.1, -0.05) is 140 Å². The highest BCUT2D eigenvalue weighted by molar-refractivity contribution is 6.15. The number of allylic oxidation sites excluding steroid dienone is 4. The van der Waals surface area contributed by atoms with Gasteiger partial charge < -0.3 is 9.13 Å². The second-order valence-electron chi connectivity index (χ2n) is 15.7. The third-order valence-electron chi connectivity index (χ3n) is 12.1. The maximum atomic E-state index is 5.01. The maximum absolute atomic E-state index is 5.01. The minimum absolute atomic E-state index is 0.456. The molecule has 0 bridgehead atoms. The van der Waals surface area contributed by atoms with E-state index >= 15 is 0 Å². The fourth-order valence-corrected chi connectivity index (χ4v) is 9.07. The van der Waals surface area contributed by atoms with Crippen LogP contribution >= 0.6 is 0 Å². The van der Waals surface area contributed by atoms with E-state index in [0.29, 0.717) is 19.0 Å². The van der Waals surface area contributed by atoms with Crippen LogP contribution in [0, 0.1) is 0 Å². The number of aromatic nitrogens is 2. The Hall–Kier alpha value is -7.70. The van der Waals surface area contributed by atoms with Crippen molar-refractivity contribution in [1.29, 1.82) is 0 Å². The summed E-state index contributed by atoms with van der Waals surface area (Å²) in [6.45, 7) is 15.8. The first-order chi connectivity index (χ1) is 30.5. The van der Waals surface area contributed by atoms with Gasteiger partial charge >= 0.3 is 0 Å². The summed E-state index contributed by atoms with van der Waals surface area (Å²) >= 11 is 0. The lowest BCUT2D eigenvalue weighted by molar-refractivity contribution is 0.737. The number of aliphatic imine (C=N–C) groups is 4. The van der Waals surface area contributed by atoms with Gasteiger partial charge in [-0.2, -0.15) is 0 Å². The number of hydrogen-bond acceptors (Lipinski definition) is 3. The van der Waals surface area contributed by atoms with Crippen LogP contribution in [0.25, 0.3) is 56.1 Å². The molecule has 0 amide bonds. The van der Waals surface area contributed by atoms with E-state index in [-0.39, 0.29) is 0 Å². The van der Waals surface area contributed by atoms with Crippen molar-refractivity contribution >= 4 is 75.9 Å². The molecule has 6 nitrogen and oxygen atoms in total. The Balaban J connectivity index is 1.12. The second-order valence-corrected chi connectivity index (χ2v) is 15.7. The van der Waals surface area contributed by atoms with Crippen LogP contribution in [-0.4, -0.2) is 34.6 Å². The zero-order valence-corrected chi connectivity index (χ0v) is 35.0. The standard InChI is InChI=1S/C56H48N6/c1-40-53-46-27-14-16-29-49(46)61(39-59-35-18-6-5-7-19-36-60-55(58-4)42-22-10-8-11-23-42)51(53)33-31-45-48(56(40,2)43-24-12-9-13-25-43)32-34-52-54(45)47-28-15-17-30-50(47)62(52)44-26-20-21-41(37-44)38-57-3/h6,8-37H,1,3-5,7,38-39H2,2H3/b18-6+,33-31-,36-19-,59-35+,60-55-. The van der Waals surface area contributed by atoms with Crippen LogP contribution in [0.4, 0.5) is 0 Å². The lowest BCUT2D eigenvalue weighted by atomic mass is 9.66. The molecule has 1 aliphatic carbocycles. The van der Waals surface area contributed by atoms with Gasteiger partial charge in [0.15, 0.2) is 5.84 Å². The normalized spacial score (nSPS) is 16.0. The van der Waals surface area contributed by atoms with E-state index in [1.165, 1.54) is 27.5 Å². The number of para-hydroxylation sites is 2. The van der Waals surface area contributed by atoms with E-state index in [1.807, 2.05) is 48.7 Å². The highest BCUT2D eigenvalue weighted by Crippen LogP contribution is 2.51. The predicted molar refractivity (Wildman–Crippen MR) is 265 cm³/mol. The van der Waals surface area contributed by atoms with Crippen molar-refractivity contribution in [2.45, 2.75) is 38.4 Å². The van der Waals surface area contributed by atoms with Crippen molar-refractivity contribution in [3.05, 3.63) is 216 Å². The molecule has 0 spiro atoms. The van der Waals surface area contributed by atoms with Gasteiger partial charge in [-0.3, -0.25) is 9.98 Å². The Labute approximate surface area is 363 Å². The highest BCUT2D eigenvalue weighted by Gasteiger charge is 2.39. The molecule has 1 atom stereocenters. The molecule has 0 fully saturated rings. The number of fused-ring (bicyclic) bond motifs is 8. The van der Waals surface area contributed by atoms with Crippen molar-refractivity contribution in [1.82, 2.24) is 9.13 Å². The molecule has 9 rings (SSSR count). The largest absolute Gasteiger partial charge is 0.320 e. The molecule has 6 heteroatoms. The van der Waals surface area contributed by atoms with Gasteiger partial charge in [-0.05, 0) is 104 Å². The van der Waals surface area contributed by atoms with Gasteiger partial charge in [-0.25, -0.2) is 9.98 Å². The summed E-state index contributed by atoms with van der Waals surface area (Å²) in [6.07, 6.45) is 16.3. The van der Waals surface area contributed by atoms with E-state index in [1.54, 1.807) is 6.20 Å². The second kappa shape index (κ2) is 17.5. The van der Waals surface area contributed by atoms with E-state index < -0.39 is 5.41 Å². The molecule has 2 aromatic heterocycles. The first kappa shape index (κ1) is 39.7. The van der Waals surface area contributed by atoms with Crippen LogP contribution in [0.15, 0.2) is 197 Å². The molecule has 6 aromatic carbocycles. The van der Waals surface area contributed by atoms with Gasteiger partial charge in [0.25, 0.3) is 0 Å². The van der Waals surface area contributed by atoms with Gasteiger partial charge in [0.1, 0.15) is 6.67 Å². The molecule has 0 saturated heterocycles. The third kappa shape index (κ3) is 7.20. The fourth-order valence-electron chi connectivity index (χ4n) is 9.07. The third-order valence-corrected chi connectivity index (χ3v) is 12.1. The monoisotopic (exact) mass is 804 g/mol. The SMILES string of the molecule is C=NCc1cccc(-n2c3ccccc3c3c4c(ccc32)C(C)(c2ccccc2)C(=C)c2c(n(C/N=C/C=C/CC/C=C\N=C(/N=C)c3ccccc3)c3ccccc23)/C=C\4)c1. The van der Waals surface area contributed by atoms with Crippen LogP contribution in [-0.2, 0) is 18.6 Å². The van der Waals surface area contributed by atoms with Crippen molar-refractivity contribution in [3.63, 3.8) is 0 Å². The Bertz CT molecular complexity index is 3140. The number of amidine groups is 1. The molecule has 0 saturated carbocycles. The quantitative estimate of drug-likeness (QED) is 0.0671. The molecular formula is C56H48N6. The van der Waals surface area contributed by atoms with Crippen LogP contribution < -0.4 is 0 Å². The number of unbranched alkanes of at least 4 members (excludes halogenated alkanes) is 1. The zero-order valence-electron chi connectivity index (χ0n) is 35.0. The molecule has 0 radical (unpaired) electrons. The molecular weight excluding hydrogens is 757 g/mol. The minimum Gasteiger partial charge on any atom is -0.320 e. The fraction of sp³-hybridized carbons (Fsp3) is 0.107. The van der Waals surface area contributed by atoms with Crippen molar-refractivity contribution in [2.75, 3.05) is 0 Å². The number of nitrogens with zero attached hydrogens (tertiary/aromatic N) is 6. The summed E-state index contributed by atoms with van der Waals surface area (Å²) in [5.41, 5.74) is 12.9. The number of hydrogen-bond donors (Lipinski definition) is 0. The highest BCUT2D eigenvalue weighted by atomic mass is 15.1. The minimum atomic E-state index is -0.574. The predicted octanol–water partition coefficient (Wildman–Crippen LogP) is 13.5. The summed E-state index contributed by atoms with van der Waals surface area (Å²) in [5, 5.41) is 3.57. The Kier molecular flexibility index (Phi) is 11.2. The number of benzene rings is 6. The zero-order chi connectivity index (χ0) is 42.5. The van der Waals surface area contributed by atoms with Crippen molar-refractivity contribution in [2.24, 2.45) is 20.0 Å². The van der Waals surface area contributed by atoms with Crippen LogP contribution in [0.5, 0.6) is 0 Å². The molecule has 1 aliphatic rings. The van der Waals surface area contributed by atoms with Gasteiger partial charge in [0.05, 0.1) is 28.8 Å². The van der Waals surface area contributed by atoms with Gasteiger partial charge in [-0.15, -0.1) is 0 Å². The van der Waals surface area contributed by atoms with Crippen LogP contribution in [0.1, 0.15) is 58.8 Å². The average Bonchev–Trinajstić information content (AvgIpc) is 3.82.